The molecule has 1 rings (SSSR count). The van der Waals surface area contributed by atoms with Crippen LogP contribution in [0.2, 0.25) is 0 Å². The van der Waals surface area contributed by atoms with Crippen molar-refractivity contribution in [2.45, 2.75) is 13.3 Å². The number of nitrogens with one attached hydrogen (secondary N) is 1. The predicted molar refractivity (Wildman–Crippen MR) is 67.9 cm³/mol. The Kier molecular flexibility index (Phi) is 5.50. The van der Waals surface area contributed by atoms with Crippen molar-refractivity contribution in [2.24, 2.45) is 0 Å². The first kappa shape index (κ1) is 13.8. The Morgan fingerprint density at radius 3 is 2.61 bits per heavy atom. The van der Waals surface area contributed by atoms with Crippen LogP contribution in [0.15, 0.2) is 36.5 Å². The third kappa shape index (κ3) is 5.74. The van der Waals surface area contributed by atoms with Crippen molar-refractivity contribution in [2.75, 3.05) is 18.5 Å². The lowest BCUT2D eigenvalue weighted by Crippen LogP contribution is -2.06. The summed E-state index contributed by atoms with van der Waals surface area (Å²) in [6.45, 7) is 6.04. The van der Waals surface area contributed by atoms with E-state index in [9.17, 15) is 10.1 Å². The predicted octanol–water partition coefficient (Wildman–Crippen LogP) is 2.61. The summed E-state index contributed by atoms with van der Waals surface area (Å²) < 4.78 is 5.39. The SMILES string of the molecule is C=C(C)Nc1ccc(OCCCO[N+](=O)[O-])cc1. The summed E-state index contributed by atoms with van der Waals surface area (Å²) in [5.74, 6) is 0.711. The van der Waals surface area contributed by atoms with Crippen LogP contribution >= 0.6 is 0 Å². The zero-order valence-corrected chi connectivity index (χ0v) is 10.2. The molecule has 0 amide bonds. The van der Waals surface area contributed by atoms with E-state index >= 15 is 0 Å². The average molecular weight is 252 g/mol. The van der Waals surface area contributed by atoms with Crippen LogP contribution in [0.25, 0.3) is 0 Å². The molecule has 0 atom stereocenters. The van der Waals surface area contributed by atoms with E-state index in [0.29, 0.717) is 18.8 Å². The highest BCUT2D eigenvalue weighted by Crippen LogP contribution is 2.16. The number of hydrogen-bond donors (Lipinski definition) is 1. The van der Waals surface area contributed by atoms with Crippen LogP contribution in [0.1, 0.15) is 13.3 Å². The highest BCUT2D eigenvalue weighted by atomic mass is 16.9. The molecule has 0 spiro atoms. The van der Waals surface area contributed by atoms with Gasteiger partial charge in [0, 0.05) is 17.8 Å². The first-order valence-corrected chi connectivity index (χ1v) is 5.50. The van der Waals surface area contributed by atoms with E-state index in [2.05, 4.69) is 16.7 Å². The molecule has 1 aromatic rings. The number of ether oxygens (including phenoxy) is 1. The van der Waals surface area contributed by atoms with Crippen LogP contribution in [0.4, 0.5) is 5.69 Å². The minimum absolute atomic E-state index is 0.0439. The van der Waals surface area contributed by atoms with Gasteiger partial charge in [-0.3, -0.25) is 0 Å². The molecule has 18 heavy (non-hydrogen) atoms. The number of allylic oxidation sites excluding steroid dienone is 1. The first-order chi connectivity index (χ1) is 8.58. The van der Waals surface area contributed by atoms with Crippen molar-refractivity contribution < 1.29 is 14.7 Å². The fourth-order valence-corrected chi connectivity index (χ4v) is 1.27. The van der Waals surface area contributed by atoms with Gasteiger partial charge in [-0.2, -0.15) is 0 Å². The maximum absolute atomic E-state index is 9.89. The van der Waals surface area contributed by atoms with E-state index in [-0.39, 0.29) is 6.61 Å². The van der Waals surface area contributed by atoms with Crippen LogP contribution in [-0.4, -0.2) is 18.3 Å². The fraction of sp³-hybridized carbons (Fsp3) is 0.333. The van der Waals surface area contributed by atoms with Crippen molar-refractivity contribution in [3.05, 3.63) is 46.7 Å². The fourth-order valence-electron chi connectivity index (χ4n) is 1.27. The largest absolute Gasteiger partial charge is 0.494 e. The normalized spacial score (nSPS) is 9.61. The second-order valence-electron chi connectivity index (χ2n) is 3.69. The molecule has 1 aromatic carbocycles. The standard InChI is InChI=1S/C12H16N2O4/c1-10(2)13-11-4-6-12(7-5-11)17-8-3-9-18-14(15)16/h4-7,13H,1,3,8-9H2,2H3. The molecule has 1 N–H and O–H groups in total. The average Bonchev–Trinajstić information content (AvgIpc) is 2.30. The van der Waals surface area contributed by atoms with Gasteiger partial charge in [-0.15, -0.1) is 10.1 Å². The summed E-state index contributed by atoms with van der Waals surface area (Å²) in [6.07, 6.45) is 0.465. The van der Waals surface area contributed by atoms with E-state index in [1.165, 1.54) is 0 Å². The van der Waals surface area contributed by atoms with Crippen molar-refractivity contribution in [3.8, 4) is 5.75 Å². The quantitative estimate of drug-likeness (QED) is 0.437. The number of rotatable bonds is 8. The van der Waals surface area contributed by atoms with Gasteiger partial charge in [0.15, 0.2) is 0 Å². The van der Waals surface area contributed by atoms with Crippen LogP contribution in [0.5, 0.6) is 5.75 Å². The second-order valence-corrected chi connectivity index (χ2v) is 3.69. The monoisotopic (exact) mass is 252 g/mol. The Labute approximate surface area is 105 Å². The third-order valence-corrected chi connectivity index (χ3v) is 1.97. The van der Waals surface area contributed by atoms with E-state index in [4.69, 9.17) is 4.74 Å². The van der Waals surface area contributed by atoms with Gasteiger partial charge in [-0.1, -0.05) is 6.58 Å². The topological polar surface area (TPSA) is 73.6 Å². The lowest BCUT2D eigenvalue weighted by Gasteiger charge is -2.08. The summed E-state index contributed by atoms with van der Waals surface area (Å²) in [7, 11) is 0. The molecular weight excluding hydrogens is 236 g/mol. The first-order valence-electron chi connectivity index (χ1n) is 5.50. The summed E-state index contributed by atoms with van der Waals surface area (Å²) in [5.41, 5.74) is 1.80. The van der Waals surface area contributed by atoms with Gasteiger partial charge in [0.1, 0.15) is 5.75 Å². The molecule has 0 unspecified atom stereocenters. The summed E-state index contributed by atoms with van der Waals surface area (Å²) in [6, 6.07) is 7.38. The van der Waals surface area contributed by atoms with Crippen LogP contribution in [-0.2, 0) is 4.84 Å². The van der Waals surface area contributed by atoms with Gasteiger partial charge >= 0.3 is 0 Å². The molecule has 0 aliphatic heterocycles. The van der Waals surface area contributed by atoms with Crippen molar-refractivity contribution in [1.29, 1.82) is 0 Å². The molecule has 0 saturated carbocycles. The zero-order chi connectivity index (χ0) is 13.4. The van der Waals surface area contributed by atoms with Crippen molar-refractivity contribution >= 4 is 5.69 Å². The Hall–Kier alpha value is -2.24. The number of benzene rings is 1. The Bertz CT molecular complexity index is 403. The van der Waals surface area contributed by atoms with E-state index in [1.807, 2.05) is 31.2 Å². The van der Waals surface area contributed by atoms with Crippen molar-refractivity contribution in [1.82, 2.24) is 0 Å². The highest BCUT2D eigenvalue weighted by Gasteiger charge is 1.97. The van der Waals surface area contributed by atoms with Gasteiger partial charge in [-0.05, 0) is 31.2 Å². The second kappa shape index (κ2) is 7.16. The lowest BCUT2D eigenvalue weighted by molar-refractivity contribution is -0.757. The minimum atomic E-state index is -0.807. The van der Waals surface area contributed by atoms with Gasteiger partial charge in [-0.25, -0.2) is 0 Å². The van der Waals surface area contributed by atoms with Gasteiger partial charge < -0.3 is 14.9 Å². The number of anilines is 1. The van der Waals surface area contributed by atoms with Gasteiger partial charge in [0.05, 0.1) is 13.2 Å². The maximum atomic E-state index is 9.89. The Morgan fingerprint density at radius 1 is 1.39 bits per heavy atom. The number of hydrogen-bond acceptors (Lipinski definition) is 5. The zero-order valence-electron chi connectivity index (χ0n) is 10.2. The summed E-state index contributed by atoms with van der Waals surface area (Å²) in [4.78, 5) is 14.1. The van der Waals surface area contributed by atoms with E-state index in [0.717, 1.165) is 11.4 Å². The van der Waals surface area contributed by atoms with E-state index < -0.39 is 5.09 Å². The van der Waals surface area contributed by atoms with Gasteiger partial charge in [0.2, 0.25) is 0 Å². The van der Waals surface area contributed by atoms with Crippen molar-refractivity contribution in [3.63, 3.8) is 0 Å². The van der Waals surface area contributed by atoms with Crippen LogP contribution < -0.4 is 10.1 Å². The lowest BCUT2D eigenvalue weighted by atomic mass is 10.3. The van der Waals surface area contributed by atoms with Gasteiger partial charge in [0.25, 0.3) is 5.09 Å². The van der Waals surface area contributed by atoms with E-state index in [1.54, 1.807) is 0 Å². The van der Waals surface area contributed by atoms with Crippen LogP contribution in [0.3, 0.4) is 0 Å². The summed E-state index contributed by atoms with van der Waals surface area (Å²) in [5, 5.41) is 12.2. The maximum Gasteiger partial charge on any atom is 0.294 e. The molecule has 0 heterocycles. The molecule has 0 aromatic heterocycles. The molecule has 98 valence electrons. The highest BCUT2D eigenvalue weighted by molar-refractivity contribution is 5.49. The smallest absolute Gasteiger partial charge is 0.294 e. The molecule has 6 nitrogen and oxygen atoms in total. The summed E-state index contributed by atoms with van der Waals surface area (Å²) >= 11 is 0. The molecule has 0 saturated heterocycles. The molecule has 0 fully saturated rings. The third-order valence-electron chi connectivity index (χ3n) is 1.97. The Morgan fingerprint density at radius 2 is 2.06 bits per heavy atom. The molecular formula is C12H16N2O4. The Balaban J connectivity index is 2.26. The number of nitrogens with zero attached hydrogens (tertiary/aromatic N) is 1. The molecule has 0 radical (unpaired) electrons. The molecule has 6 heteroatoms. The minimum Gasteiger partial charge on any atom is -0.494 e. The molecule has 0 aliphatic rings. The van der Waals surface area contributed by atoms with Crippen LogP contribution in [0, 0.1) is 10.1 Å². The molecule has 0 aliphatic carbocycles. The molecule has 0 bridgehead atoms.